The van der Waals surface area contributed by atoms with Gasteiger partial charge in [-0.05, 0) is 59.3 Å². The van der Waals surface area contributed by atoms with Gasteiger partial charge in [0, 0.05) is 21.4 Å². The predicted octanol–water partition coefficient (Wildman–Crippen LogP) is 6.24. The number of para-hydroxylation sites is 2. The maximum atomic E-state index is 13.9. The van der Waals surface area contributed by atoms with Gasteiger partial charge in [0.05, 0.1) is 47.6 Å². The molecule has 0 spiro atoms. The standard InChI is InChI=1S/C26H22ClIN4O3/c1-14-23(25(33)30-19-13-21(34-2)17(27)12-22(19)35-3)24(15-8-10-16(28)11-9-15)32-20-7-5-4-6-18(20)31-26(32)29-14/h4-13,24H,1-3H3,(H,29,31)(H,30,33)/t24-/m1/s1. The Morgan fingerprint density at radius 3 is 2.51 bits per heavy atom. The first-order valence-corrected chi connectivity index (χ1v) is 12.3. The summed E-state index contributed by atoms with van der Waals surface area (Å²) in [6.07, 6.45) is 0. The Bertz CT molecular complexity index is 1480. The molecule has 3 aromatic carbocycles. The van der Waals surface area contributed by atoms with Crippen LogP contribution in [0.25, 0.3) is 11.0 Å². The summed E-state index contributed by atoms with van der Waals surface area (Å²) in [5.41, 5.74) is 4.50. The van der Waals surface area contributed by atoms with Gasteiger partial charge in [0.15, 0.2) is 0 Å². The van der Waals surface area contributed by atoms with E-state index in [1.54, 1.807) is 12.1 Å². The molecule has 5 rings (SSSR count). The number of carbonyl (C=O) groups is 1. The third-order valence-electron chi connectivity index (χ3n) is 5.98. The second-order valence-corrected chi connectivity index (χ2v) is 9.71. The van der Waals surface area contributed by atoms with E-state index in [0.29, 0.717) is 39.4 Å². The van der Waals surface area contributed by atoms with Gasteiger partial charge in [0.25, 0.3) is 5.91 Å². The second kappa shape index (κ2) is 9.43. The number of imidazole rings is 1. The van der Waals surface area contributed by atoms with Crippen LogP contribution in [0.4, 0.5) is 11.6 Å². The number of hydrogen-bond acceptors (Lipinski definition) is 5. The first-order valence-electron chi connectivity index (χ1n) is 10.8. The topological polar surface area (TPSA) is 77.4 Å². The minimum Gasteiger partial charge on any atom is -0.495 e. The van der Waals surface area contributed by atoms with E-state index in [0.717, 1.165) is 20.2 Å². The van der Waals surface area contributed by atoms with Crippen LogP contribution in [0.2, 0.25) is 5.02 Å². The van der Waals surface area contributed by atoms with E-state index in [1.165, 1.54) is 14.2 Å². The predicted molar refractivity (Wildman–Crippen MR) is 147 cm³/mol. The molecule has 1 amide bonds. The van der Waals surface area contributed by atoms with E-state index in [9.17, 15) is 4.79 Å². The minimum atomic E-state index is -0.393. The van der Waals surface area contributed by atoms with E-state index >= 15 is 0 Å². The number of halogens is 2. The zero-order valence-electron chi connectivity index (χ0n) is 19.2. The monoisotopic (exact) mass is 600 g/mol. The number of fused-ring (bicyclic) bond motifs is 3. The molecule has 1 aliphatic heterocycles. The molecule has 0 radical (unpaired) electrons. The van der Waals surface area contributed by atoms with Crippen molar-refractivity contribution in [1.82, 2.24) is 9.55 Å². The fourth-order valence-electron chi connectivity index (χ4n) is 4.37. The van der Waals surface area contributed by atoms with E-state index in [-0.39, 0.29) is 5.91 Å². The molecule has 1 aromatic heterocycles. The first kappa shape index (κ1) is 23.5. The third-order valence-corrected chi connectivity index (χ3v) is 7.00. The molecule has 2 heterocycles. The van der Waals surface area contributed by atoms with Crippen LogP contribution in [-0.2, 0) is 4.79 Å². The summed E-state index contributed by atoms with van der Waals surface area (Å²) >= 11 is 8.53. The SMILES string of the molecule is COc1cc(NC(=O)C2=C(C)Nc3nc4ccccc4n3[C@@H]2c2ccc(I)cc2)c(OC)cc1Cl. The van der Waals surface area contributed by atoms with Gasteiger partial charge >= 0.3 is 0 Å². The summed E-state index contributed by atoms with van der Waals surface area (Å²) in [4.78, 5) is 18.6. The maximum absolute atomic E-state index is 13.9. The highest BCUT2D eigenvalue weighted by Gasteiger charge is 2.34. The summed E-state index contributed by atoms with van der Waals surface area (Å²) < 4.78 is 14.0. The lowest BCUT2D eigenvalue weighted by Crippen LogP contribution is -2.31. The fourth-order valence-corrected chi connectivity index (χ4v) is 4.96. The number of ether oxygens (including phenoxy) is 2. The van der Waals surface area contributed by atoms with Gasteiger partial charge in [0.2, 0.25) is 5.95 Å². The van der Waals surface area contributed by atoms with Gasteiger partial charge in [-0.1, -0.05) is 35.9 Å². The average molecular weight is 601 g/mol. The van der Waals surface area contributed by atoms with Crippen LogP contribution in [0.1, 0.15) is 18.5 Å². The summed E-state index contributed by atoms with van der Waals surface area (Å²) in [7, 11) is 3.05. The lowest BCUT2D eigenvalue weighted by molar-refractivity contribution is -0.113. The van der Waals surface area contributed by atoms with Crippen LogP contribution in [0, 0.1) is 3.57 Å². The van der Waals surface area contributed by atoms with Crippen LogP contribution in [0.5, 0.6) is 11.5 Å². The van der Waals surface area contributed by atoms with Crippen LogP contribution in [0.3, 0.4) is 0 Å². The summed E-state index contributed by atoms with van der Waals surface area (Å²) in [6, 6.07) is 18.9. The zero-order chi connectivity index (χ0) is 24.7. The Morgan fingerprint density at radius 1 is 1.09 bits per heavy atom. The number of amides is 1. The molecule has 2 N–H and O–H groups in total. The molecule has 35 heavy (non-hydrogen) atoms. The molecule has 9 heteroatoms. The van der Waals surface area contributed by atoms with E-state index in [1.807, 2.05) is 55.5 Å². The molecule has 0 bridgehead atoms. The van der Waals surface area contributed by atoms with Crippen molar-refractivity contribution in [3.63, 3.8) is 0 Å². The highest BCUT2D eigenvalue weighted by molar-refractivity contribution is 14.1. The molecular weight excluding hydrogens is 579 g/mol. The van der Waals surface area contributed by atoms with Crippen molar-refractivity contribution < 1.29 is 14.3 Å². The second-order valence-electron chi connectivity index (χ2n) is 8.05. The summed E-state index contributed by atoms with van der Waals surface area (Å²) in [5, 5.41) is 6.73. The molecular formula is C26H22ClIN4O3. The average Bonchev–Trinajstić information content (AvgIpc) is 3.22. The van der Waals surface area contributed by atoms with Crippen molar-refractivity contribution >= 4 is 62.8 Å². The van der Waals surface area contributed by atoms with Crippen molar-refractivity contribution in [1.29, 1.82) is 0 Å². The van der Waals surface area contributed by atoms with Crippen molar-refractivity contribution in [2.24, 2.45) is 0 Å². The molecule has 7 nitrogen and oxygen atoms in total. The number of carbonyl (C=O) groups excluding carboxylic acids is 1. The number of rotatable bonds is 5. The summed E-state index contributed by atoms with van der Waals surface area (Å²) in [6.45, 7) is 1.89. The molecule has 4 aromatic rings. The van der Waals surface area contributed by atoms with Crippen molar-refractivity contribution in [3.8, 4) is 11.5 Å². The van der Waals surface area contributed by atoms with Crippen molar-refractivity contribution in [3.05, 3.63) is 86.1 Å². The largest absolute Gasteiger partial charge is 0.495 e. The molecule has 178 valence electrons. The normalized spacial score (nSPS) is 14.9. The Morgan fingerprint density at radius 2 is 1.80 bits per heavy atom. The van der Waals surface area contributed by atoms with Crippen LogP contribution in [-0.4, -0.2) is 29.7 Å². The van der Waals surface area contributed by atoms with Crippen LogP contribution < -0.4 is 20.1 Å². The Balaban J connectivity index is 1.64. The number of nitrogens with one attached hydrogen (secondary N) is 2. The van der Waals surface area contributed by atoms with Crippen LogP contribution >= 0.6 is 34.2 Å². The van der Waals surface area contributed by atoms with Gasteiger partial charge < -0.3 is 20.1 Å². The molecule has 0 fully saturated rings. The van der Waals surface area contributed by atoms with Gasteiger partial charge in [-0.3, -0.25) is 9.36 Å². The highest BCUT2D eigenvalue weighted by atomic mass is 127. The maximum Gasteiger partial charge on any atom is 0.255 e. The number of anilines is 2. The molecule has 0 unspecified atom stereocenters. The van der Waals surface area contributed by atoms with Gasteiger partial charge in [-0.15, -0.1) is 0 Å². The van der Waals surface area contributed by atoms with Gasteiger partial charge in [-0.2, -0.15) is 0 Å². The zero-order valence-corrected chi connectivity index (χ0v) is 22.1. The Hall–Kier alpha value is -3.24. The molecule has 0 aliphatic carbocycles. The number of methoxy groups -OCH3 is 2. The molecule has 1 aliphatic rings. The van der Waals surface area contributed by atoms with Crippen molar-refractivity contribution in [2.45, 2.75) is 13.0 Å². The lowest BCUT2D eigenvalue weighted by Gasteiger charge is -2.31. The number of allylic oxidation sites excluding steroid dienone is 1. The molecule has 1 atom stereocenters. The van der Waals surface area contributed by atoms with Crippen molar-refractivity contribution in [2.75, 3.05) is 24.9 Å². The molecule has 0 saturated carbocycles. The number of nitrogens with zero attached hydrogens (tertiary/aromatic N) is 2. The Kier molecular flexibility index (Phi) is 6.33. The summed E-state index contributed by atoms with van der Waals surface area (Å²) in [5.74, 6) is 1.29. The molecule has 0 saturated heterocycles. The van der Waals surface area contributed by atoms with E-state index in [2.05, 4.69) is 37.8 Å². The smallest absolute Gasteiger partial charge is 0.255 e. The van der Waals surface area contributed by atoms with Gasteiger partial charge in [-0.25, -0.2) is 4.98 Å². The Labute approximate surface area is 221 Å². The third kappa shape index (κ3) is 4.21. The van der Waals surface area contributed by atoms with E-state index < -0.39 is 6.04 Å². The van der Waals surface area contributed by atoms with E-state index in [4.69, 9.17) is 26.1 Å². The van der Waals surface area contributed by atoms with Gasteiger partial charge in [0.1, 0.15) is 11.5 Å². The fraction of sp³-hybridized carbons (Fsp3) is 0.154. The number of aromatic nitrogens is 2. The number of benzene rings is 3. The number of hydrogen-bond donors (Lipinski definition) is 2. The lowest BCUT2D eigenvalue weighted by atomic mass is 9.94. The minimum absolute atomic E-state index is 0.273. The quantitative estimate of drug-likeness (QED) is 0.265. The highest BCUT2D eigenvalue weighted by Crippen LogP contribution is 2.41. The van der Waals surface area contributed by atoms with Crippen LogP contribution in [0.15, 0.2) is 71.9 Å². The first-order chi connectivity index (χ1) is 16.9.